The minimum Gasteiger partial charge on any atom is -0.381 e. The Kier molecular flexibility index (Phi) is 6.35. The number of nitrogens with one attached hydrogen (secondary N) is 2. The number of benzene rings is 1. The maximum atomic E-state index is 6.59. The summed E-state index contributed by atoms with van der Waals surface area (Å²) in [5.41, 5.74) is 1.17. The molecule has 7 nitrogen and oxygen atoms in total. The molecule has 2 aromatic rings. The van der Waals surface area contributed by atoms with Crippen LogP contribution in [-0.4, -0.2) is 65.9 Å². The highest BCUT2D eigenvalue weighted by Gasteiger charge is 2.36. The largest absolute Gasteiger partial charge is 0.381 e. The Balaban J connectivity index is 1.42. The number of hydrogen-bond acceptors (Lipinski definition) is 4. The van der Waals surface area contributed by atoms with Crippen molar-refractivity contribution in [3.05, 3.63) is 47.0 Å². The second kappa shape index (κ2) is 9.13. The van der Waals surface area contributed by atoms with Gasteiger partial charge in [0.2, 0.25) is 0 Å². The molecule has 2 fully saturated rings. The monoisotopic (exact) mass is 416 g/mol. The van der Waals surface area contributed by atoms with Gasteiger partial charge in [-0.15, -0.1) is 0 Å². The molecule has 29 heavy (non-hydrogen) atoms. The van der Waals surface area contributed by atoms with Crippen molar-refractivity contribution in [1.29, 1.82) is 0 Å². The van der Waals surface area contributed by atoms with Crippen LogP contribution >= 0.6 is 11.6 Å². The molecule has 156 valence electrons. The van der Waals surface area contributed by atoms with Gasteiger partial charge in [0.15, 0.2) is 5.96 Å². The van der Waals surface area contributed by atoms with Crippen molar-refractivity contribution in [2.24, 2.45) is 4.99 Å². The lowest BCUT2D eigenvalue weighted by Gasteiger charge is -2.40. The smallest absolute Gasteiger partial charge is 0.193 e. The molecule has 2 aliphatic heterocycles. The first-order valence-corrected chi connectivity index (χ1v) is 10.7. The number of rotatable bonds is 4. The van der Waals surface area contributed by atoms with Crippen LogP contribution in [0.2, 0.25) is 5.02 Å². The fourth-order valence-electron chi connectivity index (χ4n) is 4.55. The molecule has 0 bridgehead atoms. The topological polar surface area (TPSA) is 78.4 Å². The van der Waals surface area contributed by atoms with E-state index in [0.29, 0.717) is 5.92 Å². The van der Waals surface area contributed by atoms with E-state index in [9.17, 15) is 0 Å². The molecule has 8 heteroatoms. The van der Waals surface area contributed by atoms with E-state index < -0.39 is 0 Å². The Hall–Kier alpha value is -2.12. The molecule has 3 heterocycles. The average Bonchev–Trinajstić information content (AvgIpc) is 3.31. The number of H-pyrrole nitrogens is 1. The summed E-state index contributed by atoms with van der Waals surface area (Å²) in [7, 11) is 1.86. The van der Waals surface area contributed by atoms with Crippen LogP contribution in [0.1, 0.15) is 43.0 Å². The van der Waals surface area contributed by atoms with Crippen molar-refractivity contribution in [3.63, 3.8) is 0 Å². The van der Waals surface area contributed by atoms with Crippen LogP contribution in [0.4, 0.5) is 0 Å². The standard InChI is InChI=1S/C21H29ClN6O/c1-23-20(28-10-6-16(7-11-28)19-25-15-26-27-19)24-14-21(8-12-29-13-9-21)17-4-2-3-5-18(17)22/h2-5,15-16H,6-14H2,1H3,(H,23,24)(H,25,26,27). The lowest BCUT2D eigenvalue weighted by molar-refractivity contribution is 0.0511. The Bertz CT molecular complexity index is 810. The molecule has 0 atom stereocenters. The number of aromatic nitrogens is 3. The van der Waals surface area contributed by atoms with Crippen LogP contribution in [0.5, 0.6) is 0 Å². The number of nitrogens with zero attached hydrogens (tertiary/aromatic N) is 4. The van der Waals surface area contributed by atoms with Gasteiger partial charge in [-0.1, -0.05) is 29.8 Å². The second-order valence-electron chi connectivity index (χ2n) is 7.91. The molecule has 4 rings (SSSR count). The summed E-state index contributed by atoms with van der Waals surface area (Å²) in [6, 6.07) is 8.20. The van der Waals surface area contributed by atoms with Gasteiger partial charge in [-0.25, -0.2) is 4.98 Å². The SMILES string of the molecule is CN=C(NCC1(c2ccccc2Cl)CCOCC1)N1CCC(c2ncn[nH]2)CC1. The lowest BCUT2D eigenvalue weighted by Crippen LogP contribution is -2.51. The van der Waals surface area contributed by atoms with Crippen molar-refractivity contribution in [3.8, 4) is 0 Å². The van der Waals surface area contributed by atoms with Gasteiger partial charge in [-0.05, 0) is 37.3 Å². The minimum absolute atomic E-state index is 0.0370. The Labute approximate surface area is 176 Å². The second-order valence-corrected chi connectivity index (χ2v) is 8.31. The Morgan fingerprint density at radius 3 is 2.72 bits per heavy atom. The summed E-state index contributed by atoms with van der Waals surface area (Å²) < 4.78 is 5.66. The number of likely N-dealkylation sites (tertiary alicyclic amines) is 1. The molecule has 2 N–H and O–H groups in total. The third kappa shape index (κ3) is 4.41. The molecule has 0 radical (unpaired) electrons. The molecule has 0 unspecified atom stereocenters. The summed E-state index contributed by atoms with van der Waals surface area (Å²) in [4.78, 5) is 11.2. The maximum absolute atomic E-state index is 6.59. The zero-order valence-corrected chi connectivity index (χ0v) is 17.7. The van der Waals surface area contributed by atoms with Gasteiger partial charge in [-0.3, -0.25) is 10.1 Å². The Morgan fingerprint density at radius 1 is 1.31 bits per heavy atom. The minimum atomic E-state index is -0.0370. The van der Waals surface area contributed by atoms with Crippen LogP contribution in [0.15, 0.2) is 35.6 Å². The summed E-state index contributed by atoms with van der Waals surface area (Å²) in [6.07, 6.45) is 5.58. The fraction of sp³-hybridized carbons (Fsp3) is 0.571. The fourth-order valence-corrected chi connectivity index (χ4v) is 4.89. The number of piperidine rings is 1. The molecule has 0 aliphatic carbocycles. The van der Waals surface area contributed by atoms with Crippen LogP contribution in [0.25, 0.3) is 0 Å². The van der Waals surface area contributed by atoms with Gasteiger partial charge in [-0.2, -0.15) is 5.10 Å². The van der Waals surface area contributed by atoms with E-state index in [1.54, 1.807) is 6.33 Å². The molecule has 2 saturated heterocycles. The van der Waals surface area contributed by atoms with E-state index in [-0.39, 0.29) is 5.41 Å². The van der Waals surface area contributed by atoms with Crippen LogP contribution < -0.4 is 5.32 Å². The molecule has 0 saturated carbocycles. The highest BCUT2D eigenvalue weighted by Crippen LogP contribution is 2.38. The van der Waals surface area contributed by atoms with Crippen molar-refractivity contribution < 1.29 is 4.74 Å². The highest BCUT2D eigenvalue weighted by atomic mass is 35.5. The zero-order valence-electron chi connectivity index (χ0n) is 16.9. The predicted molar refractivity (Wildman–Crippen MR) is 114 cm³/mol. The average molecular weight is 417 g/mol. The van der Waals surface area contributed by atoms with Crippen molar-refractivity contribution >= 4 is 17.6 Å². The van der Waals surface area contributed by atoms with Gasteiger partial charge < -0.3 is 15.0 Å². The molecule has 1 aromatic carbocycles. The molecular formula is C21H29ClN6O. The number of ether oxygens (including phenoxy) is 1. The van der Waals surface area contributed by atoms with Gasteiger partial charge in [0, 0.05) is 56.3 Å². The van der Waals surface area contributed by atoms with Crippen molar-refractivity contribution in [2.75, 3.05) is 39.9 Å². The van der Waals surface area contributed by atoms with E-state index in [2.05, 4.69) is 42.5 Å². The molecule has 1 aromatic heterocycles. The third-order valence-electron chi connectivity index (χ3n) is 6.31. The van der Waals surface area contributed by atoms with E-state index in [0.717, 1.165) is 75.3 Å². The number of aliphatic imine (C=N–C) groups is 1. The molecule has 0 amide bonds. The van der Waals surface area contributed by atoms with Gasteiger partial charge >= 0.3 is 0 Å². The predicted octanol–water partition coefficient (Wildman–Crippen LogP) is 2.96. The zero-order chi connectivity index (χ0) is 20.1. The van der Waals surface area contributed by atoms with Crippen molar-refractivity contribution in [2.45, 2.75) is 37.0 Å². The maximum Gasteiger partial charge on any atom is 0.193 e. The Morgan fingerprint density at radius 2 is 2.07 bits per heavy atom. The van der Waals surface area contributed by atoms with Crippen LogP contribution in [-0.2, 0) is 10.2 Å². The summed E-state index contributed by atoms with van der Waals surface area (Å²) in [5.74, 6) is 2.39. The van der Waals surface area contributed by atoms with E-state index in [4.69, 9.17) is 16.3 Å². The highest BCUT2D eigenvalue weighted by molar-refractivity contribution is 6.31. The molecule has 0 spiro atoms. The van der Waals surface area contributed by atoms with E-state index in [1.807, 2.05) is 19.2 Å². The normalized spacial score (nSPS) is 20.6. The quantitative estimate of drug-likeness (QED) is 0.591. The van der Waals surface area contributed by atoms with E-state index >= 15 is 0 Å². The lowest BCUT2D eigenvalue weighted by atomic mass is 9.74. The first-order chi connectivity index (χ1) is 14.2. The van der Waals surface area contributed by atoms with Gasteiger partial charge in [0.1, 0.15) is 12.2 Å². The number of halogens is 1. The number of aromatic amines is 1. The van der Waals surface area contributed by atoms with Crippen LogP contribution in [0.3, 0.4) is 0 Å². The van der Waals surface area contributed by atoms with Gasteiger partial charge in [0.05, 0.1) is 0 Å². The molecular weight excluding hydrogens is 388 g/mol. The summed E-state index contributed by atoms with van der Waals surface area (Å²) in [5, 5.41) is 11.5. The summed E-state index contributed by atoms with van der Waals surface area (Å²) >= 11 is 6.59. The van der Waals surface area contributed by atoms with E-state index in [1.165, 1.54) is 5.56 Å². The third-order valence-corrected chi connectivity index (χ3v) is 6.64. The first-order valence-electron chi connectivity index (χ1n) is 10.4. The molecule has 2 aliphatic rings. The summed E-state index contributed by atoms with van der Waals surface area (Å²) in [6.45, 7) is 4.22. The number of hydrogen-bond donors (Lipinski definition) is 2. The first kappa shape index (κ1) is 20.2. The van der Waals surface area contributed by atoms with Crippen molar-refractivity contribution in [1.82, 2.24) is 25.4 Å². The van der Waals surface area contributed by atoms with Crippen LogP contribution in [0, 0.1) is 0 Å². The number of guanidine groups is 1. The van der Waals surface area contributed by atoms with Gasteiger partial charge in [0.25, 0.3) is 0 Å².